The number of benzene rings is 4. The van der Waals surface area contributed by atoms with Crippen molar-refractivity contribution in [3.05, 3.63) is 168 Å². The Hall–Kier alpha value is -9.44. The lowest BCUT2D eigenvalue weighted by Crippen LogP contribution is -2.20. The third kappa shape index (κ3) is 9.30. The molecule has 0 atom stereocenters. The normalized spacial score (nSPS) is 11.2. The average Bonchev–Trinajstić information content (AvgIpc) is 4.16. The minimum absolute atomic E-state index is 0.284. The van der Waals surface area contributed by atoms with Gasteiger partial charge in [-0.15, -0.1) is 0 Å². The summed E-state index contributed by atoms with van der Waals surface area (Å²) >= 11 is 0. The molecular weight excluding hydrogens is 809 g/mol. The van der Waals surface area contributed by atoms with Crippen LogP contribution < -0.4 is 42.5 Å². The lowest BCUT2D eigenvalue weighted by atomic mass is 10.2. The third-order valence-electron chi connectivity index (χ3n) is 9.83. The van der Waals surface area contributed by atoms with E-state index in [1.807, 2.05) is 24.3 Å². The molecule has 314 valence electrons. The highest BCUT2D eigenvalue weighted by atomic mass is 16.2. The average molecular weight is 847 g/mol. The Morgan fingerprint density at radius 2 is 0.516 bits per heavy atom. The fourth-order valence-electron chi connectivity index (χ4n) is 6.92. The molecule has 8 bridgehead atoms. The monoisotopic (exact) mass is 846 g/mol. The van der Waals surface area contributed by atoms with Gasteiger partial charge in [-0.1, -0.05) is 72.8 Å². The summed E-state index contributed by atoms with van der Waals surface area (Å²) in [6, 6.07) is 40.6. The van der Waals surface area contributed by atoms with Crippen LogP contribution in [0, 0.1) is 0 Å². The highest BCUT2D eigenvalue weighted by Gasteiger charge is 2.20. The molecule has 0 spiro atoms. The summed E-state index contributed by atoms with van der Waals surface area (Å²) in [5.74, 6) is 0. The first-order valence-electron chi connectivity index (χ1n) is 20.0. The van der Waals surface area contributed by atoms with Crippen LogP contribution >= 0.6 is 0 Å². The Bertz CT molecular complexity index is 2720. The number of H-pyrrole nitrogens is 2. The van der Waals surface area contributed by atoms with Crippen LogP contribution in [0.15, 0.2) is 146 Å². The van der Waals surface area contributed by atoms with Gasteiger partial charge in [0, 0.05) is 22.7 Å². The maximum atomic E-state index is 13.6. The lowest BCUT2D eigenvalue weighted by Gasteiger charge is -2.10. The molecule has 0 unspecified atom stereocenters. The molecule has 4 aromatic carbocycles. The van der Waals surface area contributed by atoms with Crippen molar-refractivity contribution in [3.8, 4) is 0 Å². The molecule has 5 heterocycles. The molecule has 9 rings (SSSR count). The van der Waals surface area contributed by atoms with Crippen molar-refractivity contribution < 1.29 is 19.2 Å². The van der Waals surface area contributed by atoms with Gasteiger partial charge in [-0.2, -0.15) is 0 Å². The minimum atomic E-state index is -0.548. The van der Waals surface area contributed by atoms with Gasteiger partial charge in [0.2, 0.25) is 0 Å². The number of nitrogens with one attached hydrogen (secondary N) is 10. The predicted octanol–water partition coefficient (Wildman–Crippen LogP) is 11.2. The molecule has 16 heteroatoms. The van der Waals surface area contributed by atoms with Crippen LogP contribution in [0.5, 0.6) is 0 Å². The molecule has 7 aromatic rings. The van der Waals surface area contributed by atoms with E-state index < -0.39 is 24.1 Å². The van der Waals surface area contributed by atoms with E-state index in [-0.39, 0.29) is 22.7 Å². The highest BCUT2D eigenvalue weighted by Crippen LogP contribution is 2.34. The van der Waals surface area contributed by atoms with E-state index in [1.165, 1.54) is 0 Å². The second-order valence-electron chi connectivity index (χ2n) is 14.3. The zero-order chi connectivity index (χ0) is 43.8. The third-order valence-corrected chi connectivity index (χ3v) is 9.83. The Kier molecular flexibility index (Phi) is 11.3. The van der Waals surface area contributed by atoms with E-state index in [4.69, 9.17) is 9.97 Å². The van der Waals surface area contributed by atoms with Crippen molar-refractivity contribution in [2.24, 2.45) is 0 Å². The van der Waals surface area contributed by atoms with Crippen molar-refractivity contribution in [1.29, 1.82) is 0 Å². The first-order valence-corrected chi connectivity index (χ1v) is 20.0. The molecule has 16 nitrogen and oxygen atoms in total. The largest absolute Gasteiger partial charge is 0.352 e. The number of anilines is 8. The summed E-state index contributed by atoms with van der Waals surface area (Å²) in [6.07, 6.45) is 6.84. The van der Waals surface area contributed by atoms with E-state index in [2.05, 4.69) is 52.5 Å². The summed E-state index contributed by atoms with van der Waals surface area (Å²) in [7, 11) is 0. The number of amides is 8. The first-order chi connectivity index (χ1) is 31.3. The standard InChI is InChI=1S/C48H38N12O4/c61-45(49-29-13-5-1-6-14-29)57-41-33-21-23-35(53-33)42(58-46(62)50-30-15-7-2-8-16-30)37-25-27-39(55-37)44(60-48(64)52-32-19-11-4-12-20-32)40-28-26-38(56-40)43(36-24-22-34(41)54-36)59-47(63)51-31-17-9-3-10-18-31/h1-28,53,56H,(H2,49,57,61)(H2,50,58,62)(H2,51,59,63)(H2,52,60,64). The van der Waals surface area contributed by atoms with E-state index >= 15 is 0 Å². The Balaban J connectivity index is 1.24. The maximum absolute atomic E-state index is 13.6. The van der Waals surface area contributed by atoms with Gasteiger partial charge in [-0.3, -0.25) is 0 Å². The van der Waals surface area contributed by atoms with Crippen molar-refractivity contribution >= 4 is 116 Å². The molecule has 10 N–H and O–H groups in total. The Morgan fingerprint density at radius 1 is 0.297 bits per heavy atom. The van der Waals surface area contributed by atoms with Crippen LogP contribution in [-0.4, -0.2) is 44.1 Å². The fourth-order valence-corrected chi connectivity index (χ4v) is 6.92. The SMILES string of the molecule is O=C(Nc1ccccc1)Nc1c2nc(c(NC(=O)Nc3ccccc3)c3ccc([nH]3)c(NC(=O)Nc3ccccc3)c3nc(c(NC(=O)Nc4ccccc4)c4ccc1[nH]4)C=C3)C=C2. The van der Waals surface area contributed by atoms with Gasteiger partial charge in [0.05, 0.1) is 67.6 Å². The second-order valence-corrected chi connectivity index (χ2v) is 14.3. The molecule has 0 radical (unpaired) electrons. The van der Waals surface area contributed by atoms with Crippen LogP contribution in [-0.2, 0) is 0 Å². The van der Waals surface area contributed by atoms with Gasteiger partial charge in [0.1, 0.15) is 0 Å². The number of carbonyl (C=O) groups excluding carboxylic acids is 4. The number of nitrogens with zero attached hydrogens (tertiary/aromatic N) is 2. The van der Waals surface area contributed by atoms with Crippen molar-refractivity contribution in [2.75, 3.05) is 42.5 Å². The van der Waals surface area contributed by atoms with E-state index in [0.717, 1.165) is 0 Å². The highest BCUT2D eigenvalue weighted by molar-refractivity contribution is 6.10. The van der Waals surface area contributed by atoms with E-state index in [0.29, 0.717) is 67.6 Å². The van der Waals surface area contributed by atoms with Gasteiger partial charge in [-0.25, -0.2) is 29.1 Å². The van der Waals surface area contributed by atoms with Gasteiger partial charge < -0.3 is 52.5 Å². The molecule has 0 aliphatic carbocycles. The van der Waals surface area contributed by atoms with Crippen LogP contribution in [0.3, 0.4) is 0 Å². The van der Waals surface area contributed by atoms with E-state index in [1.54, 1.807) is 146 Å². The number of hydrogen-bond acceptors (Lipinski definition) is 6. The number of hydrogen-bond donors (Lipinski definition) is 10. The molecule has 2 aliphatic heterocycles. The smallest absolute Gasteiger partial charge is 0.323 e. The molecule has 2 aliphatic rings. The maximum Gasteiger partial charge on any atom is 0.323 e. The first kappa shape index (κ1) is 40.0. The van der Waals surface area contributed by atoms with Crippen molar-refractivity contribution in [2.45, 2.75) is 0 Å². The summed E-state index contributed by atoms with van der Waals surface area (Å²) in [5.41, 5.74) is 6.45. The molecule has 8 amide bonds. The summed E-state index contributed by atoms with van der Waals surface area (Å²) in [5, 5.41) is 23.3. The van der Waals surface area contributed by atoms with Crippen LogP contribution in [0.4, 0.5) is 64.7 Å². The number of para-hydroxylation sites is 4. The molecule has 0 fully saturated rings. The van der Waals surface area contributed by atoms with Crippen LogP contribution in [0.1, 0.15) is 22.8 Å². The molecule has 0 saturated carbocycles. The predicted molar refractivity (Wildman–Crippen MR) is 255 cm³/mol. The van der Waals surface area contributed by atoms with Crippen LogP contribution in [0.25, 0.3) is 46.4 Å². The number of rotatable bonds is 8. The zero-order valence-electron chi connectivity index (χ0n) is 33.7. The van der Waals surface area contributed by atoms with Crippen LogP contribution in [0.2, 0.25) is 0 Å². The summed E-state index contributed by atoms with van der Waals surface area (Å²) in [4.78, 5) is 71.2. The molecule has 3 aromatic heterocycles. The zero-order valence-corrected chi connectivity index (χ0v) is 33.7. The van der Waals surface area contributed by atoms with Crippen molar-refractivity contribution in [1.82, 2.24) is 19.9 Å². The van der Waals surface area contributed by atoms with E-state index in [9.17, 15) is 19.2 Å². The summed E-state index contributed by atoms with van der Waals surface area (Å²) in [6.45, 7) is 0. The van der Waals surface area contributed by atoms with Crippen molar-refractivity contribution in [3.63, 3.8) is 0 Å². The second kappa shape index (κ2) is 18.0. The van der Waals surface area contributed by atoms with Gasteiger partial charge in [0.15, 0.2) is 0 Å². The number of carbonyl (C=O) groups is 4. The minimum Gasteiger partial charge on any atom is -0.352 e. The van der Waals surface area contributed by atoms with Gasteiger partial charge in [0.25, 0.3) is 0 Å². The summed E-state index contributed by atoms with van der Waals surface area (Å²) < 4.78 is 0. The number of fused-ring (bicyclic) bond motifs is 8. The molecular formula is C48H38N12O4. The lowest BCUT2D eigenvalue weighted by molar-refractivity contribution is 0.261. The van der Waals surface area contributed by atoms with Gasteiger partial charge >= 0.3 is 24.1 Å². The topological polar surface area (TPSA) is 222 Å². The quantitative estimate of drug-likeness (QED) is 0.0716. The molecule has 64 heavy (non-hydrogen) atoms. The van der Waals surface area contributed by atoms with Gasteiger partial charge in [-0.05, 0) is 97.1 Å². The number of aromatic amines is 2. The Labute approximate surface area is 365 Å². The number of aromatic nitrogens is 4. The Morgan fingerprint density at radius 3 is 0.734 bits per heavy atom. The molecule has 0 saturated heterocycles. The number of urea groups is 4. The fraction of sp³-hybridized carbons (Fsp3) is 0.